The van der Waals surface area contributed by atoms with Gasteiger partial charge < -0.3 is 0 Å². The predicted octanol–water partition coefficient (Wildman–Crippen LogP) is 1.71. The van der Waals surface area contributed by atoms with Gasteiger partial charge in [-0.2, -0.15) is 0 Å². The molecular weight excluding hydrogens is 292 g/mol. The van der Waals surface area contributed by atoms with Gasteiger partial charge >= 0.3 is 93.1 Å². The van der Waals surface area contributed by atoms with E-state index in [9.17, 15) is 0 Å². The van der Waals surface area contributed by atoms with Crippen LogP contribution in [-0.2, 0) is 0 Å². The molecule has 0 aliphatic carbocycles. The van der Waals surface area contributed by atoms with Gasteiger partial charge in [0, 0.05) is 0 Å². The molecule has 0 aliphatic rings. The molecule has 0 nitrogen and oxygen atoms in total. The standard InChI is InChI=1S/C11H10STe/c1-9-2-4-10(5-3-9)13-11-6-7-12-8-11/h2-8H,1H3. The van der Waals surface area contributed by atoms with Gasteiger partial charge in [0.05, 0.1) is 0 Å². The number of hydrogen-bond acceptors (Lipinski definition) is 1. The zero-order valence-electron chi connectivity index (χ0n) is 7.36. The van der Waals surface area contributed by atoms with Crippen LogP contribution in [0.25, 0.3) is 0 Å². The molecule has 0 unspecified atom stereocenters. The molecule has 0 N–H and O–H groups in total. The van der Waals surface area contributed by atoms with Crippen LogP contribution in [0, 0.1) is 6.92 Å². The van der Waals surface area contributed by atoms with E-state index in [-0.39, 0.29) is 20.9 Å². The second-order valence-electron chi connectivity index (χ2n) is 2.87. The first kappa shape index (κ1) is 9.27. The van der Waals surface area contributed by atoms with E-state index in [1.54, 1.807) is 14.9 Å². The fraction of sp³-hybridized carbons (Fsp3) is 0.0909. The Morgan fingerprint density at radius 2 is 1.77 bits per heavy atom. The van der Waals surface area contributed by atoms with Gasteiger partial charge in [-0.05, 0) is 0 Å². The summed E-state index contributed by atoms with van der Waals surface area (Å²) in [5, 5.41) is 4.43. The average Bonchev–Trinajstić information content (AvgIpc) is 2.62. The van der Waals surface area contributed by atoms with Gasteiger partial charge in [-0.15, -0.1) is 0 Å². The zero-order valence-corrected chi connectivity index (χ0v) is 10.5. The van der Waals surface area contributed by atoms with Crippen molar-refractivity contribution in [2.24, 2.45) is 0 Å². The van der Waals surface area contributed by atoms with Gasteiger partial charge in [0.2, 0.25) is 0 Å². The van der Waals surface area contributed by atoms with E-state index in [1.807, 2.05) is 0 Å². The van der Waals surface area contributed by atoms with Crippen LogP contribution in [0.5, 0.6) is 0 Å². The van der Waals surface area contributed by atoms with Crippen molar-refractivity contribution < 1.29 is 0 Å². The third kappa shape index (κ3) is 2.57. The molecule has 0 saturated carbocycles. The number of thiophene rings is 1. The molecule has 0 aliphatic heterocycles. The molecule has 0 saturated heterocycles. The summed E-state index contributed by atoms with van der Waals surface area (Å²) in [6.45, 7) is 2.13. The van der Waals surface area contributed by atoms with Crippen molar-refractivity contribution >= 4 is 39.5 Å². The third-order valence-electron chi connectivity index (χ3n) is 1.75. The fourth-order valence-corrected chi connectivity index (χ4v) is 4.72. The van der Waals surface area contributed by atoms with E-state index in [1.165, 1.54) is 9.17 Å². The Morgan fingerprint density at radius 3 is 2.38 bits per heavy atom. The molecule has 1 aromatic heterocycles. The molecule has 1 heterocycles. The van der Waals surface area contributed by atoms with Crippen molar-refractivity contribution in [3.8, 4) is 0 Å². The van der Waals surface area contributed by atoms with Crippen LogP contribution in [0.3, 0.4) is 0 Å². The molecule has 2 aromatic rings. The number of rotatable bonds is 2. The predicted molar refractivity (Wildman–Crippen MR) is 60.5 cm³/mol. The molecule has 0 spiro atoms. The summed E-state index contributed by atoms with van der Waals surface area (Å²) in [5.74, 6) is 0. The van der Waals surface area contributed by atoms with Crippen LogP contribution < -0.4 is 7.22 Å². The van der Waals surface area contributed by atoms with Crippen molar-refractivity contribution in [2.75, 3.05) is 0 Å². The van der Waals surface area contributed by atoms with Crippen molar-refractivity contribution in [3.63, 3.8) is 0 Å². The molecule has 0 amide bonds. The van der Waals surface area contributed by atoms with Gasteiger partial charge in [-0.1, -0.05) is 0 Å². The van der Waals surface area contributed by atoms with E-state index >= 15 is 0 Å². The van der Waals surface area contributed by atoms with E-state index in [0.29, 0.717) is 0 Å². The SMILES string of the molecule is Cc1ccc([Te]c2ccsc2)cc1. The Balaban J connectivity index is 2.15. The van der Waals surface area contributed by atoms with Gasteiger partial charge in [-0.3, -0.25) is 0 Å². The van der Waals surface area contributed by atoms with E-state index in [0.717, 1.165) is 0 Å². The van der Waals surface area contributed by atoms with E-state index in [4.69, 9.17) is 0 Å². The first-order valence-electron chi connectivity index (χ1n) is 4.11. The maximum atomic E-state index is 2.27. The summed E-state index contributed by atoms with van der Waals surface area (Å²) in [5.41, 5.74) is 1.35. The fourth-order valence-electron chi connectivity index (χ4n) is 1.05. The van der Waals surface area contributed by atoms with Crippen LogP contribution in [0.4, 0.5) is 0 Å². The van der Waals surface area contributed by atoms with Crippen LogP contribution in [0.1, 0.15) is 5.56 Å². The summed E-state index contributed by atoms with van der Waals surface area (Å²) in [4.78, 5) is 0. The number of aryl methyl sites for hydroxylation is 1. The Bertz CT molecular complexity index is 361. The van der Waals surface area contributed by atoms with Crippen molar-refractivity contribution in [3.05, 3.63) is 46.7 Å². The average molecular weight is 302 g/mol. The van der Waals surface area contributed by atoms with Crippen LogP contribution >= 0.6 is 11.3 Å². The van der Waals surface area contributed by atoms with Crippen LogP contribution in [0.2, 0.25) is 0 Å². The first-order valence-corrected chi connectivity index (χ1v) is 7.38. The molecule has 0 bridgehead atoms. The summed E-state index contributed by atoms with van der Waals surface area (Å²) >= 11 is 1.68. The maximum absolute atomic E-state index is 2.27. The Morgan fingerprint density at radius 1 is 1.00 bits per heavy atom. The van der Waals surface area contributed by atoms with E-state index < -0.39 is 0 Å². The molecule has 2 rings (SSSR count). The van der Waals surface area contributed by atoms with Gasteiger partial charge in [0.25, 0.3) is 0 Å². The summed E-state index contributed by atoms with van der Waals surface area (Å²) in [6.07, 6.45) is 0. The Hall–Kier alpha value is -0.290. The summed E-state index contributed by atoms with van der Waals surface area (Å²) in [6, 6.07) is 11.2. The molecule has 0 atom stereocenters. The molecule has 0 radical (unpaired) electrons. The monoisotopic (exact) mass is 304 g/mol. The minimum absolute atomic E-state index is 0.117. The topological polar surface area (TPSA) is 0 Å². The third-order valence-corrected chi connectivity index (χ3v) is 5.75. The van der Waals surface area contributed by atoms with Gasteiger partial charge in [0.1, 0.15) is 0 Å². The van der Waals surface area contributed by atoms with Crippen molar-refractivity contribution in [1.29, 1.82) is 0 Å². The summed E-state index contributed by atoms with van der Waals surface area (Å²) in [7, 11) is 0. The molecule has 2 heteroatoms. The van der Waals surface area contributed by atoms with Crippen LogP contribution in [0.15, 0.2) is 41.1 Å². The van der Waals surface area contributed by atoms with E-state index in [2.05, 4.69) is 48.0 Å². The normalized spacial score (nSPS) is 10.2. The second-order valence-corrected chi connectivity index (χ2v) is 6.93. The summed E-state index contributed by atoms with van der Waals surface area (Å²) < 4.78 is 3.06. The number of benzene rings is 1. The molecular formula is C11H10STe. The van der Waals surface area contributed by atoms with Gasteiger partial charge in [0.15, 0.2) is 0 Å². The Kier molecular flexibility index (Phi) is 3.05. The minimum atomic E-state index is -0.117. The molecule has 13 heavy (non-hydrogen) atoms. The molecule has 0 fully saturated rings. The zero-order chi connectivity index (χ0) is 9.10. The van der Waals surface area contributed by atoms with Crippen LogP contribution in [-0.4, -0.2) is 20.9 Å². The van der Waals surface area contributed by atoms with Crippen molar-refractivity contribution in [1.82, 2.24) is 0 Å². The number of hydrogen-bond donors (Lipinski definition) is 0. The molecule has 1 aromatic carbocycles. The van der Waals surface area contributed by atoms with Crippen molar-refractivity contribution in [2.45, 2.75) is 6.92 Å². The molecule has 66 valence electrons. The second kappa shape index (κ2) is 4.28. The Labute approximate surface area is 92.7 Å². The van der Waals surface area contributed by atoms with Gasteiger partial charge in [-0.25, -0.2) is 0 Å². The first-order chi connectivity index (χ1) is 6.34. The quantitative estimate of drug-likeness (QED) is 0.741.